The number of rotatable bonds is 5. The zero-order valence-electron chi connectivity index (χ0n) is 11.9. The lowest BCUT2D eigenvalue weighted by Crippen LogP contribution is -2.26. The van der Waals surface area contributed by atoms with E-state index in [4.69, 9.17) is 11.6 Å². The minimum absolute atomic E-state index is 0.0621. The number of aromatic nitrogens is 2. The zero-order chi connectivity index (χ0) is 14.7. The van der Waals surface area contributed by atoms with Crippen LogP contribution in [0.1, 0.15) is 44.1 Å². The van der Waals surface area contributed by atoms with E-state index in [2.05, 4.69) is 78.0 Å². The van der Waals surface area contributed by atoms with Crippen molar-refractivity contribution in [1.82, 2.24) is 15.1 Å². The Labute approximate surface area is 138 Å². The van der Waals surface area contributed by atoms with Crippen LogP contribution in [0.2, 0.25) is 5.02 Å². The third kappa shape index (κ3) is 3.35. The van der Waals surface area contributed by atoms with Crippen LogP contribution in [0, 0.1) is 3.57 Å². The standard InChI is InChI=1S/C15H19ClIN3/c1-4-18-14(11-6-5-7-12(17)8-11)15-13(16)9-19-20(15)10(2)3/h5-10,14,18H,4H2,1-3H3. The summed E-state index contributed by atoms with van der Waals surface area (Å²) in [6.45, 7) is 7.20. The SMILES string of the molecule is CCNC(c1cccc(I)c1)c1c(Cl)cnn1C(C)C. The fourth-order valence-corrected chi connectivity index (χ4v) is 3.10. The van der Waals surface area contributed by atoms with Crippen LogP contribution in [0.15, 0.2) is 30.5 Å². The van der Waals surface area contributed by atoms with Crippen molar-refractivity contribution in [3.63, 3.8) is 0 Å². The lowest BCUT2D eigenvalue weighted by atomic mass is 10.0. The second-order valence-corrected chi connectivity index (χ2v) is 6.61. The fourth-order valence-electron chi connectivity index (χ4n) is 2.29. The molecule has 0 fully saturated rings. The van der Waals surface area contributed by atoms with E-state index in [-0.39, 0.29) is 12.1 Å². The highest BCUT2D eigenvalue weighted by Crippen LogP contribution is 2.30. The van der Waals surface area contributed by atoms with Crippen molar-refractivity contribution < 1.29 is 0 Å². The van der Waals surface area contributed by atoms with Gasteiger partial charge in [0.05, 0.1) is 23.0 Å². The third-order valence-electron chi connectivity index (χ3n) is 3.14. The summed E-state index contributed by atoms with van der Waals surface area (Å²) in [5, 5.41) is 8.64. The van der Waals surface area contributed by atoms with Gasteiger partial charge in [0.1, 0.15) is 0 Å². The summed E-state index contributed by atoms with van der Waals surface area (Å²) in [5.74, 6) is 0. The molecule has 2 rings (SSSR count). The summed E-state index contributed by atoms with van der Waals surface area (Å²) in [6.07, 6.45) is 1.73. The van der Waals surface area contributed by atoms with Crippen LogP contribution in [0.3, 0.4) is 0 Å². The smallest absolute Gasteiger partial charge is 0.0837 e. The lowest BCUT2D eigenvalue weighted by Gasteiger charge is -2.22. The van der Waals surface area contributed by atoms with Crippen molar-refractivity contribution in [3.05, 3.63) is 50.3 Å². The molecule has 0 saturated heterocycles. The Balaban J connectivity index is 2.51. The van der Waals surface area contributed by atoms with E-state index < -0.39 is 0 Å². The van der Waals surface area contributed by atoms with Crippen molar-refractivity contribution in [2.45, 2.75) is 32.9 Å². The summed E-state index contributed by atoms with van der Waals surface area (Å²) in [4.78, 5) is 0. The van der Waals surface area contributed by atoms with Crippen molar-refractivity contribution >= 4 is 34.2 Å². The Morgan fingerprint density at radius 1 is 1.40 bits per heavy atom. The molecular formula is C15H19ClIN3. The van der Waals surface area contributed by atoms with Gasteiger partial charge in [-0.1, -0.05) is 30.7 Å². The molecule has 1 unspecified atom stereocenters. The first-order valence-corrected chi connectivity index (χ1v) is 8.22. The summed E-state index contributed by atoms with van der Waals surface area (Å²) >= 11 is 8.72. The molecular weight excluding hydrogens is 385 g/mol. The van der Waals surface area contributed by atoms with Crippen molar-refractivity contribution in [2.24, 2.45) is 0 Å². The van der Waals surface area contributed by atoms with Crippen molar-refractivity contribution in [1.29, 1.82) is 0 Å². The molecule has 0 radical (unpaired) electrons. The maximum atomic E-state index is 6.38. The van der Waals surface area contributed by atoms with Gasteiger partial charge in [-0.25, -0.2) is 0 Å². The average molecular weight is 404 g/mol. The first-order chi connectivity index (χ1) is 9.54. The molecule has 20 heavy (non-hydrogen) atoms. The topological polar surface area (TPSA) is 29.9 Å². The molecule has 0 aliphatic carbocycles. The van der Waals surface area contributed by atoms with Crippen molar-refractivity contribution in [3.8, 4) is 0 Å². The molecule has 1 aromatic carbocycles. The Morgan fingerprint density at radius 2 is 2.15 bits per heavy atom. The van der Waals surface area contributed by atoms with Gasteiger partial charge in [0, 0.05) is 9.61 Å². The van der Waals surface area contributed by atoms with Crippen LogP contribution in [-0.4, -0.2) is 16.3 Å². The molecule has 3 nitrogen and oxygen atoms in total. The molecule has 108 valence electrons. The van der Waals surface area contributed by atoms with E-state index in [1.165, 1.54) is 9.13 Å². The molecule has 1 N–H and O–H groups in total. The molecule has 0 aliphatic rings. The quantitative estimate of drug-likeness (QED) is 0.749. The number of hydrogen-bond donors (Lipinski definition) is 1. The van der Waals surface area contributed by atoms with Gasteiger partial charge < -0.3 is 5.32 Å². The molecule has 1 atom stereocenters. The minimum atomic E-state index is 0.0621. The number of nitrogens with one attached hydrogen (secondary N) is 1. The van der Waals surface area contributed by atoms with Crippen molar-refractivity contribution in [2.75, 3.05) is 6.54 Å². The zero-order valence-corrected chi connectivity index (χ0v) is 14.8. The van der Waals surface area contributed by atoms with E-state index in [0.29, 0.717) is 5.02 Å². The van der Waals surface area contributed by atoms with Crippen LogP contribution in [0.25, 0.3) is 0 Å². The highest BCUT2D eigenvalue weighted by atomic mass is 127. The summed E-state index contributed by atoms with van der Waals surface area (Å²) < 4.78 is 3.21. The van der Waals surface area contributed by atoms with E-state index >= 15 is 0 Å². The molecule has 0 bridgehead atoms. The average Bonchev–Trinajstić information content (AvgIpc) is 2.78. The van der Waals surface area contributed by atoms with Crippen LogP contribution in [-0.2, 0) is 0 Å². The van der Waals surface area contributed by atoms with Crippen LogP contribution in [0.5, 0.6) is 0 Å². The summed E-state index contributed by atoms with van der Waals surface area (Å²) in [5.41, 5.74) is 2.24. The molecule has 1 heterocycles. The Hall–Kier alpha value is -0.590. The highest BCUT2D eigenvalue weighted by molar-refractivity contribution is 14.1. The Morgan fingerprint density at radius 3 is 2.75 bits per heavy atom. The molecule has 5 heteroatoms. The highest BCUT2D eigenvalue weighted by Gasteiger charge is 2.22. The molecule has 1 aromatic heterocycles. The second-order valence-electron chi connectivity index (χ2n) is 4.96. The Bertz CT molecular complexity index is 580. The van der Waals surface area contributed by atoms with E-state index in [9.17, 15) is 0 Å². The van der Waals surface area contributed by atoms with Gasteiger partial charge in [0.15, 0.2) is 0 Å². The first kappa shape index (κ1) is 15.8. The molecule has 0 aliphatic heterocycles. The third-order valence-corrected chi connectivity index (χ3v) is 4.10. The monoisotopic (exact) mass is 403 g/mol. The van der Waals surface area contributed by atoms with Gasteiger partial charge in [0.2, 0.25) is 0 Å². The van der Waals surface area contributed by atoms with Crippen LogP contribution >= 0.6 is 34.2 Å². The molecule has 0 spiro atoms. The summed E-state index contributed by atoms with van der Waals surface area (Å²) in [6, 6.07) is 8.82. The van der Waals surface area contributed by atoms with Gasteiger partial charge >= 0.3 is 0 Å². The minimum Gasteiger partial charge on any atom is -0.305 e. The molecule has 0 saturated carbocycles. The lowest BCUT2D eigenvalue weighted by molar-refractivity contribution is 0.476. The normalized spacial score (nSPS) is 12.9. The first-order valence-electron chi connectivity index (χ1n) is 6.76. The maximum absolute atomic E-state index is 6.38. The summed E-state index contributed by atoms with van der Waals surface area (Å²) in [7, 11) is 0. The van der Waals surface area contributed by atoms with E-state index in [0.717, 1.165) is 12.2 Å². The molecule has 0 amide bonds. The molecule has 2 aromatic rings. The van der Waals surface area contributed by atoms with Gasteiger partial charge in [-0.3, -0.25) is 4.68 Å². The predicted molar refractivity (Wildman–Crippen MR) is 92.3 cm³/mol. The largest absolute Gasteiger partial charge is 0.305 e. The number of hydrogen-bond acceptors (Lipinski definition) is 2. The number of nitrogens with zero attached hydrogens (tertiary/aromatic N) is 2. The van der Waals surface area contributed by atoms with E-state index in [1.807, 2.05) is 4.68 Å². The van der Waals surface area contributed by atoms with Gasteiger partial charge in [-0.15, -0.1) is 0 Å². The van der Waals surface area contributed by atoms with Gasteiger partial charge in [-0.05, 0) is 60.7 Å². The number of benzene rings is 1. The number of halogens is 2. The Kier molecular flexibility index (Phi) is 5.46. The maximum Gasteiger partial charge on any atom is 0.0837 e. The van der Waals surface area contributed by atoms with Gasteiger partial charge in [-0.2, -0.15) is 5.10 Å². The second kappa shape index (κ2) is 6.91. The van der Waals surface area contributed by atoms with Crippen LogP contribution in [0.4, 0.5) is 0 Å². The van der Waals surface area contributed by atoms with E-state index in [1.54, 1.807) is 6.20 Å². The van der Waals surface area contributed by atoms with Crippen LogP contribution < -0.4 is 5.32 Å². The predicted octanol–water partition coefficient (Wildman–Crippen LogP) is 4.42. The fraction of sp³-hybridized carbons (Fsp3) is 0.400. The van der Waals surface area contributed by atoms with Gasteiger partial charge in [0.25, 0.3) is 0 Å².